The molecule has 3 rings (SSSR count). The molecular weight excluding hydrogens is 304 g/mol. The minimum atomic E-state index is -0.0653. The van der Waals surface area contributed by atoms with E-state index < -0.39 is 0 Å². The van der Waals surface area contributed by atoms with Crippen LogP contribution in [0.5, 0.6) is 0 Å². The van der Waals surface area contributed by atoms with Crippen LogP contribution in [0, 0.1) is 0 Å². The number of amides is 2. The Balaban J connectivity index is 1.44. The van der Waals surface area contributed by atoms with Crippen LogP contribution < -0.4 is 5.32 Å². The summed E-state index contributed by atoms with van der Waals surface area (Å²) in [6.45, 7) is 2.92. The highest BCUT2D eigenvalue weighted by Crippen LogP contribution is 2.14. The lowest BCUT2D eigenvalue weighted by molar-refractivity contribution is -0.128. The fraction of sp³-hybridized carbons (Fsp3) is 0.389. The molecule has 2 heterocycles. The maximum Gasteiger partial charge on any atom is 0.251 e. The molecule has 1 fully saturated rings. The fourth-order valence-corrected chi connectivity index (χ4v) is 2.84. The van der Waals surface area contributed by atoms with Gasteiger partial charge in [-0.1, -0.05) is 12.1 Å². The van der Waals surface area contributed by atoms with E-state index in [4.69, 9.17) is 0 Å². The number of carbonyl (C=O) groups excluding carboxylic acids is 2. The number of carbonyl (C=O) groups is 2. The van der Waals surface area contributed by atoms with E-state index in [2.05, 4.69) is 10.3 Å². The van der Waals surface area contributed by atoms with Gasteiger partial charge in [-0.15, -0.1) is 0 Å². The Hall–Kier alpha value is -2.63. The van der Waals surface area contributed by atoms with Gasteiger partial charge in [0.25, 0.3) is 5.91 Å². The van der Waals surface area contributed by atoms with Gasteiger partial charge in [-0.3, -0.25) is 9.59 Å². The van der Waals surface area contributed by atoms with Gasteiger partial charge in [0.05, 0.1) is 6.33 Å². The molecule has 24 heavy (non-hydrogen) atoms. The highest BCUT2D eigenvalue weighted by atomic mass is 16.2. The second-order valence-electron chi connectivity index (χ2n) is 6.03. The van der Waals surface area contributed by atoms with Gasteiger partial charge in [0.2, 0.25) is 5.91 Å². The Kier molecular flexibility index (Phi) is 5.25. The van der Waals surface area contributed by atoms with Crippen molar-refractivity contribution in [3.8, 4) is 0 Å². The molecule has 1 N–H and O–H groups in total. The quantitative estimate of drug-likeness (QED) is 0.789. The highest BCUT2D eigenvalue weighted by Gasteiger charge is 2.19. The first-order chi connectivity index (χ1) is 11.7. The van der Waals surface area contributed by atoms with E-state index in [-0.39, 0.29) is 11.8 Å². The predicted octanol–water partition coefficient (Wildman–Crippen LogP) is 1.83. The summed E-state index contributed by atoms with van der Waals surface area (Å²) in [5.41, 5.74) is 1.70. The molecule has 0 bridgehead atoms. The number of hydrogen-bond donors (Lipinski definition) is 1. The topological polar surface area (TPSA) is 67.2 Å². The van der Waals surface area contributed by atoms with Gasteiger partial charge in [-0.2, -0.15) is 0 Å². The molecule has 2 amide bonds. The molecule has 0 saturated carbocycles. The average molecular weight is 326 g/mol. The SMILES string of the molecule is O=C(NCCCn1ccnc1)c1ccc(CN2CCCC2=O)cc1. The lowest BCUT2D eigenvalue weighted by atomic mass is 10.1. The third-order valence-electron chi connectivity index (χ3n) is 4.20. The number of imidazole rings is 1. The van der Waals surface area contributed by atoms with Crippen molar-refractivity contribution in [2.24, 2.45) is 0 Å². The van der Waals surface area contributed by atoms with Crippen molar-refractivity contribution in [1.29, 1.82) is 0 Å². The molecular formula is C18H22N4O2. The van der Waals surface area contributed by atoms with Crippen LogP contribution in [0.4, 0.5) is 0 Å². The number of benzene rings is 1. The molecule has 1 saturated heterocycles. The number of nitrogens with zero attached hydrogens (tertiary/aromatic N) is 3. The summed E-state index contributed by atoms with van der Waals surface area (Å²) in [6, 6.07) is 7.49. The molecule has 0 aliphatic carbocycles. The van der Waals surface area contributed by atoms with Crippen LogP contribution in [0.2, 0.25) is 0 Å². The Morgan fingerprint density at radius 2 is 2.08 bits per heavy atom. The summed E-state index contributed by atoms with van der Waals surface area (Å²) >= 11 is 0. The number of likely N-dealkylation sites (tertiary alicyclic amines) is 1. The number of aromatic nitrogens is 2. The first-order valence-corrected chi connectivity index (χ1v) is 8.33. The van der Waals surface area contributed by atoms with Crippen molar-refractivity contribution in [1.82, 2.24) is 19.8 Å². The fourth-order valence-electron chi connectivity index (χ4n) is 2.84. The van der Waals surface area contributed by atoms with Crippen LogP contribution in [-0.4, -0.2) is 39.4 Å². The Morgan fingerprint density at radius 3 is 2.75 bits per heavy atom. The van der Waals surface area contributed by atoms with Crippen LogP contribution in [0.1, 0.15) is 35.2 Å². The Labute approximate surface area is 141 Å². The Bertz CT molecular complexity index is 680. The summed E-state index contributed by atoms with van der Waals surface area (Å²) in [5, 5.41) is 2.92. The molecule has 126 valence electrons. The summed E-state index contributed by atoms with van der Waals surface area (Å²) in [5.74, 6) is 0.152. The van der Waals surface area contributed by atoms with Crippen LogP contribution >= 0.6 is 0 Å². The van der Waals surface area contributed by atoms with Crippen LogP contribution in [-0.2, 0) is 17.9 Å². The van der Waals surface area contributed by atoms with Gasteiger partial charge < -0.3 is 14.8 Å². The maximum absolute atomic E-state index is 12.1. The van der Waals surface area contributed by atoms with Crippen molar-refractivity contribution < 1.29 is 9.59 Å². The summed E-state index contributed by atoms with van der Waals surface area (Å²) in [4.78, 5) is 29.6. The number of aryl methyl sites for hydroxylation is 1. The normalized spacial score (nSPS) is 14.2. The average Bonchev–Trinajstić information content (AvgIpc) is 3.25. The third kappa shape index (κ3) is 4.22. The van der Waals surface area contributed by atoms with Gasteiger partial charge in [0, 0.05) is 50.6 Å². The smallest absolute Gasteiger partial charge is 0.251 e. The monoisotopic (exact) mass is 326 g/mol. The van der Waals surface area contributed by atoms with Crippen LogP contribution in [0.15, 0.2) is 43.0 Å². The molecule has 1 aliphatic rings. The predicted molar refractivity (Wildman–Crippen MR) is 90.3 cm³/mol. The third-order valence-corrected chi connectivity index (χ3v) is 4.20. The molecule has 1 aromatic carbocycles. The van der Waals surface area contributed by atoms with E-state index in [9.17, 15) is 9.59 Å². The zero-order valence-electron chi connectivity index (χ0n) is 13.6. The van der Waals surface area contributed by atoms with Gasteiger partial charge in [-0.05, 0) is 30.5 Å². The van der Waals surface area contributed by atoms with Crippen LogP contribution in [0.3, 0.4) is 0 Å². The molecule has 6 nitrogen and oxygen atoms in total. The molecule has 0 unspecified atom stereocenters. The van der Waals surface area contributed by atoms with Crippen molar-refractivity contribution in [2.45, 2.75) is 32.4 Å². The Morgan fingerprint density at radius 1 is 1.25 bits per heavy atom. The van der Waals surface area contributed by atoms with Gasteiger partial charge in [-0.25, -0.2) is 4.98 Å². The second kappa shape index (κ2) is 7.77. The molecule has 1 aliphatic heterocycles. The van der Waals surface area contributed by atoms with Gasteiger partial charge in [0.15, 0.2) is 0 Å². The first kappa shape index (κ1) is 16.2. The van der Waals surface area contributed by atoms with Crippen molar-refractivity contribution in [2.75, 3.05) is 13.1 Å². The van der Waals surface area contributed by atoms with Gasteiger partial charge >= 0.3 is 0 Å². The number of rotatable bonds is 7. The molecule has 0 spiro atoms. The number of nitrogens with one attached hydrogen (secondary N) is 1. The second-order valence-corrected chi connectivity index (χ2v) is 6.03. The molecule has 1 aromatic heterocycles. The van der Waals surface area contributed by atoms with Crippen molar-refractivity contribution in [3.05, 3.63) is 54.1 Å². The summed E-state index contributed by atoms with van der Waals surface area (Å²) in [7, 11) is 0. The zero-order chi connectivity index (χ0) is 16.8. The largest absolute Gasteiger partial charge is 0.352 e. The number of hydrogen-bond acceptors (Lipinski definition) is 3. The van der Waals surface area contributed by atoms with E-state index in [0.717, 1.165) is 31.5 Å². The van der Waals surface area contributed by atoms with E-state index in [1.54, 1.807) is 12.5 Å². The molecule has 2 aromatic rings. The zero-order valence-corrected chi connectivity index (χ0v) is 13.6. The first-order valence-electron chi connectivity index (χ1n) is 8.33. The van der Waals surface area contributed by atoms with Gasteiger partial charge in [0.1, 0.15) is 0 Å². The minimum absolute atomic E-state index is 0.0653. The van der Waals surface area contributed by atoms with E-state index in [0.29, 0.717) is 25.1 Å². The van der Waals surface area contributed by atoms with E-state index in [1.165, 1.54) is 0 Å². The molecule has 0 atom stereocenters. The molecule has 0 radical (unpaired) electrons. The van der Waals surface area contributed by atoms with E-state index in [1.807, 2.05) is 39.9 Å². The highest BCUT2D eigenvalue weighted by molar-refractivity contribution is 5.94. The van der Waals surface area contributed by atoms with E-state index >= 15 is 0 Å². The van der Waals surface area contributed by atoms with Crippen molar-refractivity contribution in [3.63, 3.8) is 0 Å². The standard InChI is InChI=1S/C18H22N4O2/c23-17-3-1-11-22(17)13-15-4-6-16(7-5-15)18(24)20-8-2-10-21-12-9-19-14-21/h4-7,9,12,14H,1-3,8,10-11,13H2,(H,20,24). The van der Waals surface area contributed by atoms with Crippen LogP contribution in [0.25, 0.3) is 0 Å². The lowest BCUT2D eigenvalue weighted by Gasteiger charge is -2.15. The summed E-state index contributed by atoms with van der Waals surface area (Å²) in [6.07, 6.45) is 7.88. The summed E-state index contributed by atoms with van der Waals surface area (Å²) < 4.78 is 1.99. The van der Waals surface area contributed by atoms with Crippen molar-refractivity contribution >= 4 is 11.8 Å². The maximum atomic E-state index is 12.1. The lowest BCUT2D eigenvalue weighted by Crippen LogP contribution is -2.25. The minimum Gasteiger partial charge on any atom is -0.352 e. The molecule has 6 heteroatoms.